The summed E-state index contributed by atoms with van der Waals surface area (Å²) in [4.78, 5) is 19.4. The van der Waals surface area contributed by atoms with Crippen LogP contribution >= 0.6 is 0 Å². The largest absolute Gasteiger partial charge is 0.349 e. The van der Waals surface area contributed by atoms with Gasteiger partial charge in [0.2, 0.25) is 0 Å². The van der Waals surface area contributed by atoms with E-state index in [2.05, 4.69) is 29.3 Å². The summed E-state index contributed by atoms with van der Waals surface area (Å²) in [6, 6.07) is 11.7. The van der Waals surface area contributed by atoms with Crippen molar-refractivity contribution in [2.24, 2.45) is 0 Å². The fourth-order valence-corrected chi connectivity index (χ4v) is 3.70. The zero-order valence-corrected chi connectivity index (χ0v) is 14.7. The summed E-state index contributed by atoms with van der Waals surface area (Å²) < 4.78 is 0. The van der Waals surface area contributed by atoms with Crippen molar-refractivity contribution in [2.45, 2.75) is 44.1 Å². The number of nitrogens with one attached hydrogen (secondary N) is 1. The lowest BCUT2D eigenvalue weighted by Crippen LogP contribution is -2.52. The Hall–Kier alpha value is -1.94. The normalized spacial score (nSPS) is 17.6. The van der Waals surface area contributed by atoms with E-state index >= 15 is 0 Å². The maximum Gasteiger partial charge on any atom is 0.269 e. The molecule has 0 bridgehead atoms. The van der Waals surface area contributed by atoms with Crippen LogP contribution in [0.3, 0.4) is 0 Å². The third kappa shape index (κ3) is 3.59. The number of aromatic nitrogens is 1. The van der Waals surface area contributed by atoms with Gasteiger partial charge >= 0.3 is 0 Å². The zero-order valence-electron chi connectivity index (χ0n) is 14.7. The highest BCUT2D eigenvalue weighted by atomic mass is 16.1. The first-order valence-electron chi connectivity index (χ1n) is 8.92. The van der Waals surface area contributed by atoms with Crippen LogP contribution in [0.15, 0.2) is 36.4 Å². The lowest BCUT2D eigenvalue weighted by Gasteiger charge is -2.39. The van der Waals surface area contributed by atoms with Gasteiger partial charge in [0.05, 0.1) is 5.52 Å². The standard InChI is InChI=1S/C20H27N3O/c1-23(2)20(13-7-3-4-8-14-20)15-21-19(24)18-12-11-16-9-5-6-10-17(16)22-18/h5-6,9-12H,3-4,7-8,13-15H2,1-2H3,(H,21,24). The summed E-state index contributed by atoms with van der Waals surface area (Å²) >= 11 is 0. The van der Waals surface area contributed by atoms with Crippen LogP contribution in [0.4, 0.5) is 0 Å². The van der Waals surface area contributed by atoms with Crippen molar-refractivity contribution in [3.63, 3.8) is 0 Å². The molecule has 128 valence electrons. The molecule has 0 radical (unpaired) electrons. The molecule has 1 fully saturated rings. The molecule has 1 amide bonds. The number of carbonyl (C=O) groups excluding carboxylic acids is 1. The quantitative estimate of drug-likeness (QED) is 0.873. The first-order valence-corrected chi connectivity index (χ1v) is 8.92. The molecule has 0 saturated heterocycles. The highest BCUT2D eigenvalue weighted by Gasteiger charge is 2.33. The molecule has 2 aromatic rings. The highest BCUT2D eigenvalue weighted by molar-refractivity contribution is 5.94. The van der Waals surface area contributed by atoms with Gasteiger partial charge < -0.3 is 10.2 Å². The van der Waals surface area contributed by atoms with Crippen LogP contribution in [0, 0.1) is 0 Å². The van der Waals surface area contributed by atoms with Crippen molar-refractivity contribution in [2.75, 3.05) is 20.6 Å². The molecule has 3 rings (SSSR count). The summed E-state index contributed by atoms with van der Waals surface area (Å²) in [6.45, 7) is 0.688. The fourth-order valence-electron chi connectivity index (χ4n) is 3.70. The molecule has 1 saturated carbocycles. The number of hydrogen-bond donors (Lipinski definition) is 1. The van der Waals surface area contributed by atoms with E-state index < -0.39 is 0 Å². The summed E-state index contributed by atoms with van der Waals surface area (Å²) in [7, 11) is 4.26. The SMILES string of the molecule is CN(C)C1(CNC(=O)c2ccc3ccccc3n2)CCCCCC1. The second-order valence-electron chi connectivity index (χ2n) is 7.10. The number of likely N-dealkylation sites (N-methyl/N-ethyl adjacent to an activating group) is 1. The number of hydrogen-bond acceptors (Lipinski definition) is 3. The van der Waals surface area contributed by atoms with Crippen molar-refractivity contribution in [1.29, 1.82) is 0 Å². The van der Waals surface area contributed by atoms with E-state index in [1.165, 1.54) is 25.7 Å². The molecule has 1 aliphatic carbocycles. The molecular weight excluding hydrogens is 298 g/mol. The zero-order chi connectivity index (χ0) is 17.0. The van der Waals surface area contributed by atoms with Gasteiger partial charge in [0, 0.05) is 17.5 Å². The lowest BCUT2D eigenvalue weighted by atomic mass is 9.88. The van der Waals surface area contributed by atoms with Crippen molar-refractivity contribution < 1.29 is 4.79 Å². The minimum atomic E-state index is -0.0776. The molecule has 0 unspecified atom stereocenters. The monoisotopic (exact) mass is 325 g/mol. The summed E-state index contributed by atoms with van der Waals surface area (Å²) in [5.41, 5.74) is 1.43. The number of fused-ring (bicyclic) bond motifs is 1. The van der Waals surface area contributed by atoms with Crippen LogP contribution in [0.2, 0.25) is 0 Å². The van der Waals surface area contributed by atoms with Gasteiger partial charge in [-0.1, -0.05) is 49.9 Å². The number of para-hydroxylation sites is 1. The van der Waals surface area contributed by atoms with Crippen LogP contribution < -0.4 is 5.32 Å². The van der Waals surface area contributed by atoms with Crippen molar-refractivity contribution >= 4 is 16.8 Å². The second kappa shape index (κ2) is 7.31. The van der Waals surface area contributed by atoms with Gasteiger partial charge in [-0.3, -0.25) is 4.79 Å². The number of pyridine rings is 1. The first kappa shape index (κ1) is 16.9. The third-order valence-electron chi connectivity index (χ3n) is 5.39. The van der Waals surface area contributed by atoms with Gasteiger partial charge in [0.25, 0.3) is 5.91 Å². The van der Waals surface area contributed by atoms with E-state index in [-0.39, 0.29) is 11.4 Å². The average Bonchev–Trinajstić information content (AvgIpc) is 2.86. The lowest BCUT2D eigenvalue weighted by molar-refractivity contribution is 0.0865. The summed E-state index contributed by atoms with van der Waals surface area (Å²) in [5, 5.41) is 4.20. The van der Waals surface area contributed by atoms with Gasteiger partial charge in [-0.2, -0.15) is 0 Å². The Morgan fingerprint density at radius 1 is 1.08 bits per heavy atom. The maximum atomic E-state index is 12.6. The Labute approximate surface area is 144 Å². The maximum absolute atomic E-state index is 12.6. The minimum absolute atomic E-state index is 0.0724. The van der Waals surface area contributed by atoms with Crippen molar-refractivity contribution in [3.8, 4) is 0 Å². The Kier molecular flexibility index (Phi) is 5.14. The topological polar surface area (TPSA) is 45.2 Å². The Morgan fingerprint density at radius 3 is 2.50 bits per heavy atom. The number of benzene rings is 1. The van der Waals surface area contributed by atoms with Crippen LogP contribution in [-0.4, -0.2) is 42.0 Å². The molecule has 0 aliphatic heterocycles. The van der Waals surface area contributed by atoms with Gasteiger partial charge in [0.1, 0.15) is 5.69 Å². The van der Waals surface area contributed by atoms with E-state index in [4.69, 9.17) is 0 Å². The average molecular weight is 325 g/mol. The Balaban J connectivity index is 1.72. The van der Waals surface area contributed by atoms with Gasteiger partial charge in [-0.05, 0) is 39.1 Å². The van der Waals surface area contributed by atoms with Crippen LogP contribution in [0.25, 0.3) is 10.9 Å². The molecule has 4 heteroatoms. The van der Waals surface area contributed by atoms with E-state index in [0.29, 0.717) is 12.2 Å². The summed E-state index contributed by atoms with van der Waals surface area (Å²) in [6.07, 6.45) is 7.37. The molecule has 1 N–H and O–H groups in total. The smallest absolute Gasteiger partial charge is 0.269 e. The van der Waals surface area contributed by atoms with Crippen LogP contribution in [-0.2, 0) is 0 Å². The molecule has 1 aromatic carbocycles. The molecule has 1 heterocycles. The predicted molar refractivity (Wildman–Crippen MR) is 98.2 cm³/mol. The second-order valence-corrected chi connectivity index (χ2v) is 7.10. The fraction of sp³-hybridized carbons (Fsp3) is 0.500. The third-order valence-corrected chi connectivity index (χ3v) is 5.39. The number of nitrogens with zero attached hydrogens (tertiary/aromatic N) is 2. The first-order chi connectivity index (χ1) is 11.6. The Morgan fingerprint density at radius 2 is 1.79 bits per heavy atom. The molecule has 1 aliphatic rings. The Bertz CT molecular complexity index is 703. The van der Waals surface area contributed by atoms with Crippen LogP contribution in [0.5, 0.6) is 0 Å². The van der Waals surface area contributed by atoms with Gasteiger partial charge in [-0.25, -0.2) is 4.98 Å². The van der Waals surface area contributed by atoms with E-state index in [1.54, 1.807) is 0 Å². The molecular formula is C20H27N3O. The van der Waals surface area contributed by atoms with Gasteiger partial charge in [0.15, 0.2) is 0 Å². The van der Waals surface area contributed by atoms with Crippen LogP contribution in [0.1, 0.15) is 49.0 Å². The number of amides is 1. The van der Waals surface area contributed by atoms with Crippen molar-refractivity contribution in [1.82, 2.24) is 15.2 Å². The van der Waals surface area contributed by atoms with Gasteiger partial charge in [-0.15, -0.1) is 0 Å². The van der Waals surface area contributed by atoms with E-state index in [9.17, 15) is 4.79 Å². The predicted octanol–water partition coefficient (Wildman–Crippen LogP) is 3.62. The molecule has 0 spiro atoms. The summed E-state index contributed by atoms with van der Waals surface area (Å²) in [5.74, 6) is -0.0776. The molecule has 4 nitrogen and oxygen atoms in total. The highest BCUT2D eigenvalue weighted by Crippen LogP contribution is 2.30. The number of rotatable bonds is 4. The minimum Gasteiger partial charge on any atom is -0.349 e. The molecule has 0 atom stereocenters. The molecule has 24 heavy (non-hydrogen) atoms. The molecule has 1 aromatic heterocycles. The number of carbonyl (C=O) groups is 1. The van der Waals surface area contributed by atoms with Crippen molar-refractivity contribution in [3.05, 3.63) is 42.1 Å². The van der Waals surface area contributed by atoms with E-state index in [1.807, 2.05) is 36.4 Å². The van der Waals surface area contributed by atoms with E-state index in [0.717, 1.165) is 23.7 Å².